The van der Waals surface area contributed by atoms with Crippen LogP contribution < -0.4 is 4.90 Å². The molecule has 1 unspecified atom stereocenters. The number of piperazine rings is 1. The normalized spacial score (nSPS) is 21.1. The van der Waals surface area contributed by atoms with Crippen molar-refractivity contribution in [2.75, 3.05) is 44.7 Å². The van der Waals surface area contributed by atoms with Crippen LogP contribution in [0.2, 0.25) is 0 Å². The van der Waals surface area contributed by atoms with Crippen molar-refractivity contribution in [1.82, 2.24) is 14.9 Å². The maximum absolute atomic E-state index is 14.5. The first kappa shape index (κ1) is 29.1. The molecule has 41 heavy (non-hydrogen) atoms. The van der Waals surface area contributed by atoms with Gasteiger partial charge in [-0.25, -0.2) is 22.8 Å². The van der Waals surface area contributed by atoms with Gasteiger partial charge >= 0.3 is 0 Å². The quantitative estimate of drug-likeness (QED) is 0.423. The Morgan fingerprint density at radius 3 is 2.29 bits per heavy atom. The molecule has 1 N–H and O–H groups in total. The molecule has 2 aliphatic heterocycles. The third-order valence-electron chi connectivity index (χ3n) is 7.75. The van der Waals surface area contributed by atoms with Crippen LogP contribution in [0.15, 0.2) is 65.3 Å². The Bertz CT molecular complexity index is 1490. The number of benzene rings is 2. The third kappa shape index (κ3) is 6.42. The fourth-order valence-corrected chi connectivity index (χ4v) is 7.38. The number of hydrogen-bond donors (Lipinski definition) is 1. The predicted molar refractivity (Wildman–Crippen MR) is 157 cm³/mol. The lowest BCUT2D eigenvalue weighted by molar-refractivity contribution is 0.0797. The number of aliphatic hydroxyl groups is 1. The highest BCUT2D eigenvalue weighted by Crippen LogP contribution is 2.42. The molecule has 0 amide bonds. The average molecular weight is 582 g/mol. The number of sulfonamides is 1. The Morgan fingerprint density at radius 2 is 1.68 bits per heavy atom. The molecular weight excluding hydrogens is 545 g/mol. The van der Waals surface area contributed by atoms with Crippen molar-refractivity contribution in [1.29, 1.82) is 0 Å². The van der Waals surface area contributed by atoms with Gasteiger partial charge in [-0.15, -0.1) is 4.40 Å². The Kier molecular flexibility index (Phi) is 8.40. The van der Waals surface area contributed by atoms with Crippen LogP contribution in [0.3, 0.4) is 0 Å². The van der Waals surface area contributed by atoms with Crippen LogP contribution in [-0.2, 0) is 14.8 Å². The average Bonchev–Trinajstić information content (AvgIpc) is 2.93. The van der Waals surface area contributed by atoms with Crippen LogP contribution in [0.4, 0.5) is 10.3 Å². The summed E-state index contributed by atoms with van der Waals surface area (Å²) >= 11 is 0. The van der Waals surface area contributed by atoms with Gasteiger partial charge in [0, 0.05) is 57.2 Å². The Labute approximate surface area is 240 Å². The molecule has 0 radical (unpaired) electrons. The zero-order chi connectivity index (χ0) is 29.2. The van der Waals surface area contributed by atoms with Gasteiger partial charge in [-0.1, -0.05) is 42.5 Å². The van der Waals surface area contributed by atoms with E-state index in [1.165, 1.54) is 6.07 Å². The second kappa shape index (κ2) is 11.8. The van der Waals surface area contributed by atoms with Crippen LogP contribution in [0.5, 0.6) is 0 Å². The molecule has 0 spiro atoms. The predicted octanol–water partition coefficient (Wildman–Crippen LogP) is 4.17. The van der Waals surface area contributed by atoms with Gasteiger partial charge < -0.3 is 19.6 Å². The van der Waals surface area contributed by atoms with E-state index >= 15 is 0 Å². The van der Waals surface area contributed by atoms with Gasteiger partial charge in [0.2, 0.25) is 11.8 Å². The summed E-state index contributed by atoms with van der Waals surface area (Å²) in [6.07, 6.45) is 3.87. The van der Waals surface area contributed by atoms with Crippen molar-refractivity contribution >= 4 is 21.9 Å². The molecule has 1 fully saturated rings. The molecule has 218 valence electrons. The number of aromatic nitrogens is 2. The number of hydrogen-bond acceptors (Lipinski definition) is 8. The zero-order valence-corrected chi connectivity index (χ0v) is 24.4. The van der Waals surface area contributed by atoms with Crippen molar-refractivity contribution in [2.24, 2.45) is 4.40 Å². The highest BCUT2D eigenvalue weighted by atomic mass is 32.2. The van der Waals surface area contributed by atoms with Crippen molar-refractivity contribution < 1.29 is 22.7 Å². The van der Waals surface area contributed by atoms with Gasteiger partial charge in [0.05, 0.1) is 0 Å². The minimum Gasteiger partial charge on any atom is -0.472 e. The monoisotopic (exact) mass is 581 g/mol. The van der Waals surface area contributed by atoms with Crippen molar-refractivity contribution in [3.8, 4) is 11.1 Å². The number of nitrogens with zero attached hydrogens (tertiary/aromatic N) is 5. The minimum atomic E-state index is -4.01. The van der Waals surface area contributed by atoms with E-state index < -0.39 is 32.6 Å². The summed E-state index contributed by atoms with van der Waals surface area (Å²) in [5, 5.41) is 8.53. The topological polar surface area (TPSA) is 108 Å². The third-order valence-corrected chi connectivity index (χ3v) is 9.65. The van der Waals surface area contributed by atoms with Gasteiger partial charge in [0.15, 0.2) is 0 Å². The molecule has 1 saturated heterocycles. The van der Waals surface area contributed by atoms with Gasteiger partial charge in [0.25, 0.3) is 10.0 Å². The molecule has 9 nitrogen and oxygen atoms in total. The lowest BCUT2D eigenvalue weighted by Crippen LogP contribution is -2.45. The Balaban J connectivity index is 1.34. The van der Waals surface area contributed by atoms with Crippen LogP contribution >= 0.6 is 0 Å². The van der Waals surface area contributed by atoms with Crippen LogP contribution in [0.25, 0.3) is 11.1 Å². The number of anilines is 1. The first-order valence-electron chi connectivity index (χ1n) is 13.8. The lowest BCUT2D eigenvalue weighted by Gasteiger charge is -2.38. The molecule has 5 rings (SSSR count). The molecule has 0 bridgehead atoms. The van der Waals surface area contributed by atoms with Crippen molar-refractivity contribution in [2.45, 2.75) is 43.5 Å². The van der Waals surface area contributed by atoms with E-state index in [0.29, 0.717) is 17.1 Å². The summed E-state index contributed by atoms with van der Waals surface area (Å²) in [6.45, 7) is 6.95. The van der Waals surface area contributed by atoms with Gasteiger partial charge in [-0.3, -0.25) is 0 Å². The van der Waals surface area contributed by atoms with E-state index in [2.05, 4.69) is 31.2 Å². The highest BCUT2D eigenvalue weighted by Gasteiger charge is 2.47. The molecule has 1 aromatic heterocycles. The maximum atomic E-state index is 14.5. The molecule has 2 atom stereocenters. The molecule has 2 aliphatic rings. The van der Waals surface area contributed by atoms with Gasteiger partial charge in [-0.05, 0) is 56.0 Å². The van der Waals surface area contributed by atoms with Gasteiger partial charge in [-0.2, -0.15) is 0 Å². The SMILES string of the molecule is CN1CCN(c2ncc(-c3ccc(C4C(C)(C)OC(C[C@@H](CCO)c5ccccc5F)=NS4(=O)=O)cc3)cn2)CC1. The number of rotatable bonds is 8. The molecular formula is C30H36FN5O4S. The Morgan fingerprint density at radius 1 is 1.02 bits per heavy atom. The van der Waals surface area contributed by atoms with E-state index in [-0.39, 0.29) is 25.3 Å². The first-order chi connectivity index (χ1) is 19.6. The minimum absolute atomic E-state index is 0.0159. The van der Waals surface area contributed by atoms with E-state index in [1.807, 2.05) is 12.1 Å². The Hall–Kier alpha value is -3.41. The lowest BCUT2D eigenvalue weighted by atomic mass is 9.91. The number of halogens is 1. The molecule has 0 saturated carbocycles. The maximum Gasteiger partial charge on any atom is 0.267 e. The summed E-state index contributed by atoms with van der Waals surface area (Å²) in [5.41, 5.74) is 1.51. The fourth-order valence-electron chi connectivity index (χ4n) is 5.61. The highest BCUT2D eigenvalue weighted by molar-refractivity contribution is 7.90. The van der Waals surface area contributed by atoms with E-state index in [4.69, 9.17) is 4.74 Å². The van der Waals surface area contributed by atoms with Crippen molar-refractivity contribution in [3.63, 3.8) is 0 Å². The molecule has 0 aliphatic carbocycles. The summed E-state index contributed by atoms with van der Waals surface area (Å²) in [7, 11) is -1.91. The molecule has 2 aromatic carbocycles. The standard InChI is InChI=1S/C30H36FN5O4S/c1-30(2)28(41(38,39)34-27(40-30)18-23(12-17-37)25-6-4-5-7-26(25)31)22-10-8-21(9-11-22)24-19-32-29(33-20-24)36-15-13-35(3)14-16-36/h4-11,19-20,23,28,37H,12-18H2,1-3H3/t23-,28?/m1/s1. The second-order valence-corrected chi connectivity index (χ2v) is 12.9. The zero-order valence-electron chi connectivity index (χ0n) is 23.6. The second-order valence-electron chi connectivity index (χ2n) is 11.2. The smallest absolute Gasteiger partial charge is 0.267 e. The molecule has 3 heterocycles. The summed E-state index contributed by atoms with van der Waals surface area (Å²) < 4.78 is 51.6. The van der Waals surface area contributed by atoms with Crippen LogP contribution in [0, 0.1) is 5.82 Å². The van der Waals surface area contributed by atoms with E-state index in [1.54, 1.807) is 56.6 Å². The summed E-state index contributed by atoms with van der Waals surface area (Å²) in [5.74, 6) is -0.175. The van der Waals surface area contributed by atoms with Crippen molar-refractivity contribution in [3.05, 3.63) is 77.9 Å². The van der Waals surface area contributed by atoms with E-state index in [9.17, 15) is 17.9 Å². The fraction of sp³-hybridized carbons (Fsp3) is 0.433. The number of ether oxygens (including phenoxy) is 1. The van der Waals surface area contributed by atoms with Gasteiger partial charge in [0.1, 0.15) is 16.7 Å². The summed E-state index contributed by atoms with van der Waals surface area (Å²) in [6, 6.07) is 13.5. The first-order valence-corrected chi connectivity index (χ1v) is 15.3. The number of likely N-dealkylation sites (N-methyl/N-ethyl adjacent to an activating group) is 1. The summed E-state index contributed by atoms with van der Waals surface area (Å²) in [4.78, 5) is 13.6. The van der Waals surface area contributed by atoms with Crippen LogP contribution in [0.1, 0.15) is 49.0 Å². The largest absolute Gasteiger partial charge is 0.472 e. The molecule has 11 heteroatoms. The molecule has 3 aromatic rings. The van der Waals surface area contributed by atoms with E-state index in [0.717, 1.165) is 37.3 Å². The number of aliphatic hydroxyl groups excluding tert-OH is 1. The van der Waals surface area contributed by atoms with Crippen LogP contribution in [-0.4, -0.2) is 79.7 Å².